The van der Waals surface area contributed by atoms with Gasteiger partial charge in [0.2, 0.25) is 5.91 Å². The van der Waals surface area contributed by atoms with Crippen molar-refractivity contribution in [3.8, 4) is 11.1 Å². The number of nitrogens with one attached hydrogen (secondary N) is 2. The minimum atomic E-state index is -1.51. The van der Waals surface area contributed by atoms with E-state index in [4.69, 9.17) is 14.6 Å². The molecule has 1 saturated heterocycles. The number of rotatable bonds is 9. The normalized spacial score (nSPS) is 19.7. The minimum absolute atomic E-state index is 0.0198. The zero-order valence-electron chi connectivity index (χ0n) is 18.6. The molecule has 1 aliphatic heterocycles. The first kappa shape index (κ1) is 23.7. The van der Waals surface area contributed by atoms with Crippen LogP contribution < -0.4 is 10.6 Å². The summed E-state index contributed by atoms with van der Waals surface area (Å²) in [6.07, 6.45) is -2.01. The molecule has 4 N–H and O–H groups in total. The molecule has 1 aliphatic carbocycles. The fourth-order valence-electron chi connectivity index (χ4n) is 4.48. The molecular weight excluding hydrogens is 440 g/mol. The average Bonchev–Trinajstić information content (AvgIpc) is 3.44. The van der Waals surface area contributed by atoms with Gasteiger partial charge in [0.05, 0.1) is 18.6 Å². The summed E-state index contributed by atoms with van der Waals surface area (Å²) in [5.41, 5.74) is 4.60. The lowest BCUT2D eigenvalue weighted by Gasteiger charge is -2.16. The van der Waals surface area contributed by atoms with E-state index in [9.17, 15) is 19.5 Å². The molecule has 3 atom stereocenters. The Bertz CT molecular complexity index is 1010. The van der Waals surface area contributed by atoms with E-state index in [1.54, 1.807) is 0 Å². The number of aliphatic carboxylic acids is 1. The van der Waals surface area contributed by atoms with Gasteiger partial charge in [0.1, 0.15) is 6.61 Å². The summed E-state index contributed by atoms with van der Waals surface area (Å²) in [4.78, 5) is 35.1. The molecule has 2 aromatic rings. The topological polar surface area (TPSA) is 134 Å². The molecule has 1 heterocycles. The summed E-state index contributed by atoms with van der Waals surface area (Å²) in [6.45, 7) is 0.715. The highest BCUT2D eigenvalue weighted by atomic mass is 16.5. The maximum atomic E-state index is 12.3. The third kappa shape index (κ3) is 5.37. The molecule has 2 aromatic carbocycles. The van der Waals surface area contributed by atoms with Crippen molar-refractivity contribution in [3.05, 3.63) is 59.7 Å². The number of fused-ring (bicyclic) bond motifs is 3. The summed E-state index contributed by atoms with van der Waals surface area (Å²) in [6, 6.07) is 16.2. The SMILES string of the molecule is O=C(NC[C@@H]1C[C@H](C(=O)NCC[C@H](O)C(=O)O)CO1)OCC1c2ccccc2-c2ccccc21. The molecule has 4 rings (SSSR count). The number of carboxylic acid groups (broad SMARTS) is 1. The van der Waals surface area contributed by atoms with Gasteiger partial charge in [-0.15, -0.1) is 0 Å². The monoisotopic (exact) mass is 468 g/mol. The fraction of sp³-hybridized carbons (Fsp3) is 0.400. The summed E-state index contributed by atoms with van der Waals surface area (Å²) in [7, 11) is 0. The fourth-order valence-corrected chi connectivity index (χ4v) is 4.48. The van der Waals surface area contributed by atoms with Crippen LogP contribution in [0, 0.1) is 5.92 Å². The molecule has 0 bridgehead atoms. The Morgan fingerprint density at radius 2 is 1.68 bits per heavy atom. The van der Waals surface area contributed by atoms with Crippen molar-refractivity contribution in [2.75, 3.05) is 26.3 Å². The molecule has 0 unspecified atom stereocenters. The van der Waals surface area contributed by atoms with Crippen LogP contribution >= 0.6 is 0 Å². The molecule has 9 nitrogen and oxygen atoms in total. The van der Waals surface area contributed by atoms with Gasteiger partial charge < -0.3 is 30.3 Å². The van der Waals surface area contributed by atoms with E-state index in [2.05, 4.69) is 34.9 Å². The summed E-state index contributed by atoms with van der Waals surface area (Å²) in [5, 5.41) is 23.2. The van der Waals surface area contributed by atoms with E-state index in [0.29, 0.717) is 6.42 Å². The van der Waals surface area contributed by atoms with Gasteiger partial charge in [-0.2, -0.15) is 0 Å². The van der Waals surface area contributed by atoms with E-state index < -0.39 is 24.1 Å². The highest BCUT2D eigenvalue weighted by molar-refractivity contribution is 5.80. The van der Waals surface area contributed by atoms with Crippen molar-refractivity contribution < 1.29 is 34.1 Å². The number of aliphatic hydroxyl groups excluding tert-OH is 1. The van der Waals surface area contributed by atoms with Gasteiger partial charge in [-0.3, -0.25) is 4.79 Å². The van der Waals surface area contributed by atoms with Crippen LogP contribution in [0.15, 0.2) is 48.5 Å². The number of ether oxygens (including phenoxy) is 2. The number of benzene rings is 2. The van der Waals surface area contributed by atoms with Crippen LogP contribution in [0.2, 0.25) is 0 Å². The highest BCUT2D eigenvalue weighted by Crippen LogP contribution is 2.44. The minimum Gasteiger partial charge on any atom is -0.479 e. The first-order valence-electron chi connectivity index (χ1n) is 11.3. The van der Waals surface area contributed by atoms with Crippen LogP contribution in [0.4, 0.5) is 4.79 Å². The summed E-state index contributed by atoms with van der Waals surface area (Å²) >= 11 is 0. The second kappa shape index (κ2) is 10.7. The lowest BCUT2D eigenvalue weighted by molar-refractivity contribution is -0.147. The Kier molecular flexibility index (Phi) is 7.44. The first-order chi connectivity index (χ1) is 16.4. The Morgan fingerprint density at radius 3 is 2.32 bits per heavy atom. The van der Waals surface area contributed by atoms with Gasteiger partial charge in [-0.1, -0.05) is 48.5 Å². The Morgan fingerprint density at radius 1 is 1.03 bits per heavy atom. The third-order valence-corrected chi connectivity index (χ3v) is 6.27. The van der Waals surface area contributed by atoms with Gasteiger partial charge in [0.25, 0.3) is 0 Å². The lowest BCUT2D eigenvalue weighted by Crippen LogP contribution is -2.35. The molecule has 0 spiro atoms. The standard InChI is InChI=1S/C25H28N2O7/c28-22(24(30)31)9-10-26-23(29)15-11-16(33-13-15)12-27-25(32)34-14-21-19-7-3-1-5-17(19)18-6-2-4-8-20(18)21/h1-8,15-16,21-22,28H,9-14H2,(H,26,29)(H,27,32)(H,30,31)/t15-,16-,22-/m0/s1. The lowest BCUT2D eigenvalue weighted by atomic mass is 9.98. The number of alkyl carbamates (subject to hydrolysis) is 1. The van der Waals surface area contributed by atoms with Crippen molar-refractivity contribution in [1.82, 2.24) is 10.6 Å². The smallest absolute Gasteiger partial charge is 0.407 e. The van der Waals surface area contributed by atoms with E-state index in [-0.39, 0.29) is 50.7 Å². The molecule has 0 aromatic heterocycles. The molecule has 34 heavy (non-hydrogen) atoms. The van der Waals surface area contributed by atoms with Gasteiger partial charge >= 0.3 is 12.1 Å². The maximum Gasteiger partial charge on any atom is 0.407 e. The number of aliphatic hydroxyl groups is 1. The van der Waals surface area contributed by atoms with E-state index in [1.807, 2.05) is 24.3 Å². The van der Waals surface area contributed by atoms with Crippen LogP contribution in [0.1, 0.15) is 29.9 Å². The number of carbonyl (C=O) groups excluding carboxylic acids is 2. The predicted molar refractivity (Wildman–Crippen MR) is 122 cm³/mol. The van der Waals surface area contributed by atoms with Crippen molar-refractivity contribution in [2.24, 2.45) is 5.92 Å². The number of carbonyl (C=O) groups is 3. The van der Waals surface area contributed by atoms with Crippen LogP contribution in [0.25, 0.3) is 11.1 Å². The Balaban J connectivity index is 1.20. The zero-order valence-corrected chi connectivity index (χ0v) is 18.6. The van der Waals surface area contributed by atoms with E-state index >= 15 is 0 Å². The molecule has 2 amide bonds. The Hall–Kier alpha value is -3.43. The molecule has 2 aliphatic rings. The molecule has 0 radical (unpaired) electrons. The van der Waals surface area contributed by atoms with E-state index in [0.717, 1.165) is 22.3 Å². The van der Waals surface area contributed by atoms with Crippen molar-refractivity contribution in [1.29, 1.82) is 0 Å². The van der Waals surface area contributed by atoms with Gasteiger partial charge in [-0.05, 0) is 28.7 Å². The second-order valence-corrected chi connectivity index (χ2v) is 8.53. The highest BCUT2D eigenvalue weighted by Gasteiger charge is 2.32. The molecule has 0 saturated carbocycles. The van der Waals surface area contributed by atoms with Gasteiger partial charge in [0.15, 0.2) is 6.10 Å². The summed E-state index contributed by atoms with van der Waals surface area (Å²) in [5.74, 6) is -2.00. The molecule has 1 fully saturated rings. The first-order valence-corrected chi connectivity index (χ1v) is 11.3. The van der Waals surface area contributed by atoms with Crippen LogP contribution in [-0.4, -0.2) is 66.7 Å². The van der Waals surface area contributed by atoms with Gasteiger partial charge in [-0.25, -0.2) is 9.59 Å². The zero-order chi connectivity index (χ0) is 24.1. The number of carboxylic acids is 1. The largest absolute Gasteiger partial charge is 0.479 e. The maximum absolute atomic E-state index is 12.3. The van der Waals surface area contributed by atoms with Crippen LogP contribution in [-0.2, 0) is 19.1 Å². The number of amides is 2. The van der Waals surface area contributed by atoms with Gasteiger partial charge in [0, 0.05) is 25.4 Å². The van der Waals surface area contributed by atoms with Crippen LogP contribution in [0.3, 0.4) is 0 Å². The predicted octanol–water partition coefficient (Wildman–Crippen LogP) is 1.88. The molecule has 9 heteroatoms. The molecular formula is C25H28N2O7. The molecule has 180 valence electrons. The van der Waals surface area contributed by atoms with Crippen LogP contribution in [0.5, 0.6) is 0 Å². The third-order valence-electron chi connectivity index (χ3n) is 6.27. The summed E-state index contributed by atoms with van der Waals surface area (Å²) < 4.78 is 11.1. The average molecular weight is 469 g/mol. The second-order valence-electron chi connectivity index (χ2n) is 8.53. The number of hydrogen-bond acceptors (Lipinski definition) is 6. The van der Waals surface area contributed by atoms with Crippen molar-refractivity contribution >= 4 is 18.0 Å². The quantitative estimate of drug-likeness (QED) is 0.441. The Labute approximate surface area is 197 Å². The number of hydrogen-bond donors (Lipinski definition) is 4. The van der Waals surface area contributed by atoms with Crippen molar-refractivity contribution in [2.45, 2.75) is 31.0 Å². The van der Waals surface area contributed by atoms with E-state index in [1.165, 1.54) is 0 Å². The van der Waals surface area contributed by atoms with Crippen molar-refractivity contribution in [3.63, 3.8) is 0 Å².